The van der Waals surface area contributed by atoms with Crippen LogP contribution in [0.3, 0.4) is 0 Å². The third kappa shape index (κ3) is 4.89. The van der Waals surface area contributed by atoms with E-state index in [1.807, 2.05) is 19.1 Å². The number of hydrogen-bond acceptors (Lipinski definition) is 4. The minimum atomic E-state index is -0.177. The summed E-state index contributed by atoms with van der Waals surface area (Å²) in [7, 11) is 1.60. The maximum atomic E-state index is 11.7. The van der Waals surface area contributed by atoms with Gasteiger partial charge in [0.25, 0.3) is 0 Å². The summed E-state index contributed by atoms with van der Waals surface area (Å²) in [4.78, 5) is 23.2. The first-order chi connectivity index (χ1) is 8.67. The highest BCUT2D eigenvalue weighted by molar-refractivity contribution is 8.00. The number of ether oxygens (including phenoxy) is 1. The molecule has 1 atom stereocenters. The van der Waals surface area contributed by atoms with Crippen LogP contribution in [0.25, 0.3) is 0 Å². The van der Waals surface area contributed by atoms with Gasteiger partial charge in [-0.25, -0.2) is 0 Å². The summed E-state index contributed by atoms with van der Waals surface area (Å²) in [6, 6.07) is 7.16. The van der Waals surface area contributed by atoms with Crippen LogP contribution in [0.5, 0.6) is 0 Å². The van der Waals surface area contributed by atoms with Gasteiger partial charge >= 0.3 is 0 Å². The Bertz CT molecular complexity index is 392. The van der Waals surface area contributed by atoms with Crippen molar-refractivity contribution < 1.29 is 14.3 Å². The molecule has 98 valence electrons. The van der Waals surface area contributed by atoms with E-state index in [0.717, 1.165) is 11.2 Å². The van der Waals surface area contributed by atoms with Gasteiger partial charge in [0.15, 0.2) is 0 Å². The fraction of sp³-hybridized carbons (Fsp3) is 0.385. The monoisotopic (exact) mass is 267 g/mol. The summed E-state index contributed by atoms with van der Waals surface area (Å²) in [5.74, 6) is -0.0171. The average molecular weight is 267 g/mol. The molecule has 18 heavy (non-hydrogen) atoms. The number of methoxy groups -OCH3 is 1. The first kappa shape index (κ1) is 14.7. The van der Waals surface area contributed by atoms with Crippen molar-refractivity contribution >= 4 is 24.0 Å². The van der Waals surface area contributed by atoms with Gasteiger partial charge in [-0.1, -0.05) is 12.1 Å². The molecule has 1 N–H and O–H groups in total. The maximum absolute atomic E-state index is 11.7. The summed E-state index contributed by atoms with van der Waals surface area (Å²) >= 11 is 1.46. The lowest BCUT2D eigenvalue weighted by molar-refractivity contribution is -0.120. The van der Waals surface area contributed by atoms with Crippen molar-refractivity contribution in [1.29, 1.82) is 0 Å². The number of hydrogen-bond donors (Lipinski definition) is 1. The van der Waals surface area contributed by atoms with Gasteiger partial charge in [0.2, 0.25) is 5.91 Å². The van der Waals surface area contributed by atoms with E-state index in [2.05, 4.69) is 5.32 Å². The Hall–Kier alpha value is -1.33. The Morgan fingerprint density at radius 1 is 1.44 bits per heavy atom. The molecule has 0 heterocycles. The third-order valence-electron chi connectivity index (χ3n) is 2.30. The number of rotatable bonds is 7. The lowest BCUT2D eigenvalue weighted by atomic mass is 10.2. The Morgan fingerprint density at radius 3 is 2.67 bits per heavy atom. The van der Waals surface area contributed by atoms with E-state index in [9.17, 15) is 9.59 Å². The van der Waals surface area contributed by atoms with Crippen LogP contribution >= 0.6 is 11.8 Å². The topological polar surface area (TPSA) is 55.4 Å². The number of aldehydes is 1. The van der Waals surface area contributed by atoms with Crippen molar-refractivity contribution in [3.8, 4) is 0 Å². The molecule has 1 rings (SSSR count). The Balaban J connectivity index is 2.44. The number of carbonyl (C=O) groups excluding carboxylic acids is 2. The number of thioether (sulfide) groups is 1. The molecule has 0 spiro atoms. The Labute approximate surface area is 111 Å². The smallest absolute Gasteiger partial charge is 0.233 e. The molecule has 0 aliphatic carbocycles. The molecule has 0 aliphatic rings. The van der Waals surface area contributed by atoms with E-state index in [1.165, 1.54) is 11.8 Å². The summed E-state index contributed by atoms with van der Waals surface area (Å²) < 4.78 is 4.86. The molecule has 0 saturated carbocycles. The predicted molar refractivity (Wildman–Crippen MR) is 72.0 cm³/mol. The molecular formula is C13H17NO3S. The van der Waals surface area contributed by atoms with Gasteiger partial charge in [-0.2, -0.15) is 0 Å². The van der Waals surface area contributed by atoms with E-state index in [4.69, 9.17) is 4.74 Å². The molecule has 1 unspecified atom stereocenters. The minimum absolute atomic E-state index is 0.0171. The van der Waals surface area contributed by atoms with Crippen molar-refractivity contribution in [3.63, 3.8) is 0 Å². The lowest BCUT2D eigenvalue weighted by Crippen LogP contribution is -2.33. The highest BCUT2D eigenvalue weighted by Crippen LogP contribution is 2.23. The van der Waals surface area contributed by atoms with E-state index in [0.29, 0.717) is 18.7 Å². The van der Waals surface area contributed by atoms with Crippen molar-refractivity contribution in [2.75, 3.05) is 20.3 Å². The first-order valence-electron chi connectivity index (χ1n) is 5.66. The Kier molecular flexibility index (Phi) is 6.46. The van der Waals surface area contributed by atoms with E-state index in [-0.39, 0.29) is 11.2 Å². The molecule has 1 amide bonds. The molecule has 4 nitrogen and oxygen atoms in total. The zero-order valence-electron chi connectivity index (χ0n) is 10.5. The van der Waals surface area contributed by atoms with Crippen molar-refractivity contribution in [3.05, 3.63) is 29.8 Å². The van der Waals surface area contributed by atoms with Gasteiger partial charge in [-0.15, -0.1) is 11.8 Å². The Morgan fingerprint density at radius 2 is 2.11 bits per heavy atom. The first-order valence-corrected chi connectivity index (χ1v) is 6.54. The van der Waals surface area contributed by atoms with Crippen LogP contribution in [-0.4, -0.2) is 37.7 Å². The number of nitrogens with one attached hydrogen (secondary N) is 1. The van der Waals surface area contributed by atoms with E-state index >= 15 is 0 Å². The van der Waals surface area contributed by atoms with Crippen LogP contribution in [0.4, 0.5) is 0 Å². The zero-order chi connectivity index (χ0) is 13.4. The summed E-state index contributed by atoms with van der Waals surface area (Å²) in [5.41, 5.74) is 0.636. The molecule has 0 aromatic heterocycles. The molecule has 0 fully saturated rings. The van der Waals surface area contributed by atoms with Gasteiger partial charge in [-0.3, -0.25) is 9.59 Å². The van der Waals surface area contributed by atoms with Crippen molar-refractivity contribution in [1.82, 2.24) is 5.32 Å². The number of amides is 1. The summed E-state index contributed by atoms with van der Waals surface area (Å²) in [5, 5.41) is 2.61. The second-order valence-electron chi connectivity index (χ2n) is 3.73. The molecular weight excluding hydrogens is 250 g/mol. The van der Waals surface area contributed by atoms with Crippen LogP contribution in [0.1, 0.15) is 17.3 Å². The molecule has 0 aliphatic heterocycles. The number of benzene rings is 1. The van der Waals surface area contributed by atoms with Crippen molar-refractivity contribution in [2.45, 2.75) is 17.1 Å². The van der Waals surface area contributed by atoms with E-state index in [1.54, 1.807) is 19.2 Å². The molecule has 0 saturated heterocycles. The zero-order valence-corrected chi connectivity index (χ0v) is 11.3. The van der Waals surface area contributed by atoms with E-state index < -0.39 is 0 Å². The largest absolute Gasteiger partial charge is 0.383 e. The van der Waals surface area contributed by atoms with Crippen LogP contribution in [0.15, 0.2) is 29.2 Å². The maximum Gasteiger partial charge on any atom is 0.233 e. The average Bonchev–Trinajstić information content (AvgIpc) is 2.39. The standard InChI is InChI=1S/C13H17NO3S/c1-10(13(16)14-7-8-17-2)18-12-5-3-11(9-15)4-6-12/h3-6,9-10H,7-8H2,1-2H3,(H,14,16). The molecule has 5 heteroatoms. The molecule has 1 aromatic rings. The second-order valence-corrected chi connectivity index (χ2v) is 5.15. The third-order valence-corrected chi connectivity index (χ3v) is 3.42. The van der Waals surface area contributed by atoms with Gasteiger partial charge in [0, 0.05) is 24.1 Å². The highest BCUT2D eigenvalue weighted by Gasteiger charge is 2.13. The molecule has 0 radical (unpaired) electrons. The van der Waals surface area contributed by atoms with Crippen LogP contribution < -0.4 is 5.32 Å². The lowest BCUT2D eigenvalue weighted by Gasteiger charge is -2.11. The SMILES string of the molecule is COCCNC(=O)C(C)Sc1ccc(C=O)cc1. The summed E-state index contributed by atoms with van der Waals surface area (Å²) in [6.45, 7) is 2.88. The fourth-order valence-electron chi connectivity index (χ4n) is 1.30. The van der Waals surface area contributed by atoms with Crippen LogP contribution in [-0.2, 0) is 9.53 Å². The minimum Gasteiger partial charge on any atom is -0.383 e. The van der Waals surface area contributed by atoms with Crippen LogP contribution in [0, 0.1) is 0 Å². The highest BCUT2D eigenvalue weighted by atomic mass is 32.2. The quantitative estimate of drug-likeness (QED) is 0.464. The van der Waals surface area contributed by atoms with Crippen molar-refractivity contribution in [2.24, 2.45) is 0 Å². The van der Waals surface area contributed by atoms with Crippen LogP contribution in [0.2, 0.25) is 0 Å². The van der Waals surface area contributed by atoms with Gasteiger partial charge in [0.1, 0.15) is 6.29 Å². The van der Waals surface area contributed by atoms with Gasteiger partial charge < -0.3 is 10.1 Å². The fourth-order valence-corrected chi connectivity index (χ4v) is 2.19. The summed E-state index contributed by atoms with van der Waals surface area (Å²) in [6.07, 6.45) is 0.801. The molecule has 1 aromatic carbocycles. The second kappa shape index (κ2) is 7.89. The van der Waals surface area contributed by atoms with Gasteiger partial charge in [0.05, 0.1) is 11.9 Å². The predicted octanol–water partition coefficient (Wildman–Crippen LogP) is 1.74. The molecule has 0 bridgehead atoms. The number of carbonyl (C=O) groups is 2. The van der Waals surface area contributed by atoms with Gasteiger partial charge in [-0.05, 0) is 19.1 Å². The normalized spacial score (nSPS) is 11.9.